The van der Waals surface area contributed by atoms with Crippen LogP contribution in [0.2, 0.25) is 0 Å². The second-order valence-corrected chi connectivity index (χ2v) is 8.41. The van der Waals surface area contributed by atoms with Crippen LogP contribution in [-0.4, -0.2) is 32.3 Å². The number of nitrogens with zero attached hydrogens (tertiary/aromatic N) is 5. The molecule has 0 saturated carbocycles. The smallest absolute Gasteiger partial charge is 0.161 e. The average molecular weight is 487 g/mol. The summed E-state index contributed by atoms with van der Waals surface area (Å²) in [4.78, 5) is 13.4. The maximum atomic E-state index is 6.11. The van der Waals surface area contributed by atoms with E-state index >= 15 is 0 Å². The van der Waals surface area contributed by atoms with Gasteiger partial charge in [0.15, 0.2) is 11.6 Å². The molecule has 6 aromatic rings. The molecule has 0 bridgehead atoms. The third-order valence-electron chi connectivity index (χ3n) is 5.91. The van der Waals surface area contributed by atoms with Crippen molar-refractivity contribution in [3.8, 4) is 28.6 Å². The molecule has 8 heteroatoms. The van der Waals surface area contributed by atoms with Gasteiger partial charge in [0.2, 0.25) is 0 Å². The predicted octanol–water partition coefficient (Wildman–Crippen LogP) is 6.49. The molecule has 6 rings (SSSR count). The van der Waals surface area contributed by atoms with Gasteiger partial charge in [0.1, 0.15) is 22.7 Å². The monoisotopic (exact) mass is 486 g/mol. The molecule has 8 nitrogen and oxygen atoms in total. The predicted molar refractivity (Wildman–Crippen MR) is 143 cm³/mol. The number of nitrogens with one attached hydrogen (secondary N) is 1. The van der Waals surface area contributed by atoms with Gasteiger partial charge in [-0.3, -0.25) is 9.97 Å². The van der Waals surface area contributed by atoms with Gasteiger partial charge in [0.05, 0.1) is 24.5 Å². The lowest BCUT2D eigenvalue weighted by Gasteiger charge is -2.12. The number of methoxy groups -OCH3 is 1. The van der Waals surface area contributed by atoms with Gasteiger partial charge in [-0.15, -0.1) is 10.2 Å². The highest BCUT2D eigenvalue weighted by molar-refractivity contribution is 6.00. The van der Waals surface area contributed by atoms with Crippen LogP contribution in [0.1, 0.15) is 5.69 Å². The Balaban J connectivity index is 1.27. The summed E-state index contributed by atoms with van der Waals surface area (Å²) in [6.45, 7) is 1.97. The molecule has 0 radical (unpaired) electrons. The van der Waals surface area contributed by atoms with Crippen LogP contribution in [0, 0.1) is 6.92 Å². The highest BCUT2D eigenvalue weighted by Crippen LogP contribution is 2.32. The Bertz CT molecular complexity index is 1740. The standard InChI is InChI=1S/C29H22N6O2/c1-18-6-5-9-24(32-18)27-22-7-3-4-8-23(22)29(35-34-27)33-19-10-12-20(13-11-19)37-26-14-15-30-25-16-21(36-2)17-31-28(25)26/h3-17H,1-2H3,(H,33,35). The molecule has 0 saturated heterocycles. The maximum Gasteiger partial charge on any atom is 0.161 e. The van der Waals surface area contributed by atoms with Crippen molar-refractivity contribution in [2.75, 3.05) is 12.4 Å². The highest BCUT2D eigenvalue weighted by Gasteiger charge is 2.13. The molecule has 0 aliphatic heterocycles. The molecule has 0 aliphatic rings. The first kappa shape index (κ1) is 22.4. The quantitative estimate of drug-likeness (QED) is 0.285. The van der Waals surface area contributed by atoms with Crippen molar-refractivity contribution < 1.29 is 9.47 Å². The van der Waals surface area contributed by atoms with Crippen molar-refractivity contribution in [1.82, 2.24) is 25.1 Å². The van der Waals surface area contributed by atoms with E-state index in [0.717, 1.165) is 33.5 Å². The molecule has 4 aromatic heterocycles. The lowest BCUT2D eigenvalue weighted by Crippen LogP contribution is -2.00. The first-order valence-electron chi connectivity index (χ1n) is 11.7. The Labute approximate surface area is 213 Å². The van der Waals surface area contributed by atoms with E-state index in [2.05, 4.69) is 30.5 Å². The van der Waals surface area contributed by atoms with Crippen molar-refractivity contribution >= 4 is 33.3 Å². The fourth-order valence-corrected chi connectivity index (χ4v) is 4.11. The number of pyridine rings is 3. The lowest BCUT2D eigenvalue weighted by molar-refractivity contribution is 0.413. The molecule has 180 valence electrons. The average Bonchev–Trinajstić information content (AvgIpc) is 2.94. The normalized spacial score (nSPS) is 11.0. The molecule has 0 fully saturated rings. The van der Waals surface area contributed by atoms with Crippen molar-refractivity contribution in [3.63, 3.8) is 0 Å². The van der Waals surface area contributed by atoms with E-state index in [9.17, 15) is 0 Å². The molecule has 0 aliphatic carbocycles. The Morgan fingerprint density at radius 2 is 1.62 bits per heavy atom. The minimum Gasteiger partial charge on any atom is -0.495 e. The van der Waals surface area contributed by atoms with Crippen LogP contribution in [0.3, 0.4) is 0 Å². The summed E-state index contributed by atoms with van der Waals surface area (Å²) in [5.41, 5.74) is 4.71. The number of benzene rings is 2. The van der Waals surface area contributed by atoms with Gasteiger partial charge in [0.25, 0.3) is 0 Å². The van der Waals surface area contributed by atoms with Gasteiger partial charge in [-0.2, -0.15) is 0 Å². The topological polar surface area (TPSA) is 94.9 Å². The van der Waals surface area contributed by atoms with E-state index < -0.39 is 0 Å². The minimum atomic E-state index is 0.616. The van der Waals surface area contributed by atoms with Crippen molar-refractivity contribution in [1.29, 1.82) is 0 Å². The fourth-order valence-electron chi connectivity index (χ4n) is 4.11. The molecule has 0 amide bonds. The van der Waals surface area contributed by atoms with Crippen LogP contribution < -0.4 is 14.8 Å². The second-order valence-electron chi connectivity index (χ2n) is 8.41. The molecular formula is C29H22N6O2. The second kappa shape index (κ2) is 9.50. The van der Waals surface area contributed by atoms with Crippen LogP contribution in [0.15, 0.2) is 91.3 Å². The Kier molecular flexibility index (Phi) is 5.74. The van der Waals surface area contributed by atoms with Crippen molar-refractivity contribution in [2.45, 2.75) is 6.92 Å². The number of fused-ring (bicyclic) bond motifs is 2. The summed E-state index contributed by atoms with van der Waals surface area (Å²) in [5, 5.41) is 14.3. The van der Waals surface area contributed by atoms with Gasteiger partial charge in [-0.25, -0.2) is 4.98 Å². The summed E-state index contributed by atoms with van der Waals surface area (Å²) < 4.78 is 11.3. The summed E-state index contributed by atoms with van der Waals surface area (Å²) in [5.74, 6) is 2.60. The minimum absolute atomic E-state index is 0.616. The van der Waals surface area contributed by atoms with E-state index in [-0.39, 0.29) is 0 Å². The summed E-state index contributed by atoms with van der Waals surface area (Å²) in [6.07, 6.45) is 3.34. The SMILES string of the molecule is COc1cnc2c(Oc3ccc(Nc4nnc(-c5cccc(C)n5)c5ccccc45)cc3)ccnc2c1. The van der Waals surface area contributed by atoms with E-state index in [1.54, 1.807) is 25.6 Å². The first-order chi connectivity index (χ1) is 18.2. The molecule has 37 heavy (non-hydrogen) atoms. The number of aryl methyl sites for hydroxylation is 1. The zero-order chi connectivity index (χ0) is 25.2. The number of aromatic nitrogens is 5. The maximum absolute atomic E-state index is 6.11. The van der Waals surface area contributed by atoms with Gasteiger partial charge in [-0.05, 0) is 43.3 Å². The van der Waals surface area contributed by atoms with Gasteiger partial charge in [0, 0.05) is 40.5 Å². The van der Waals surface area contributed by atoms with Gasteiger partial charge < -0.3 is 14.8 Å². The molecule has 0 atom stereocenters. The summed E-state index contributed by atoms with van der Waals surface area (Å²) in [6, 6.07) is 25.2. The third kappa shape index (κ3) is 4.48. The Hall–Kier alpha value is -5.11. The summed E-state index contributed by atoms with van der Waals surface area (Å²) >= 11 is 0. The third-order valence-corrected chi connectivity index (χ3v) is 5.91. The van der Waals surface area contributed by atoms with Crippen LogP contribution >= 0.6 is 0 Å². The van der Waals surface area contributed by atoms with Crippen LogP contribution in [-0.2, 0) is 0 Å². The first-order valence-corrected chi connectivity index (χ1v) is 11.7. The number of anilines is 2. The zero-order valence-electron chi connectivity index (χ0n) is 20.2. The molecule has 0 unspecified atom stereocenters. The van der Waals surface area contributed by atoms with Crippen molar-refractivity contribution in [3.05, 3.63) is 97.0 Å². The molecule has 4 heterocycles. The van der Waals surface area contributed by atoms with Crippen molar-refractivity contribution in [2.24, 2.45) is 0 Å². The van der Waals surface area contributed by atoms with Crippen LogP contribution in [0.5, 0.6) is 17.2 Å². The fraction of sp³-hybridized carbons (Fsp3) is 0.0690. The van der Waals surface area contributed by atoms with E-state index in [1.165, 1.54) is 0 Å². The largest absolute Gasteiger partial charge is 0.495 e. The highest BCUT2D eigenvalue weighted by atomic mass is 16.5. The molecule has 2 aromatic carbocycles. The van der Waals surface area contributed by atoms with Gasteiger partial charge >= 0.3 is 0 Å². The Morgan fingerprint density at radius 1 is 0.784 bits per heavy atom. The number of hydrogen-bond donors (Lipinski definition) is 1. The van der Waals surface area contributed by atoms with E-state index in [1.807, 2.05) is 79.7 Å². The number of ether oxygens (including phenoxy) is 2. The molecular weight excluding hydrogens is 464 g/mol. The van der Waals surface area contributed by atoms with Crippen LogP contribution in [0.4, 0.5) is 11.5 Å². The summed E-state index contributed by atoms with van der Waals surface area (Å²) in [7, 11) is 1.60. The zero-order valence-corrected chi connectivity index (χ0v) is 20.2. The number of rotatable bonds is 6. The molecule has 1 N–H and O–H groups in total. The lowest BCUT2D eigenvalue weighted by atomic mass is 10.1. The number of hydrogen-bond acceptors (Lipinski definition) is 8. The molecule has 0 spiro atoms. The van der Waals surface area contributed by atoms with Crippen LogP contribution in [0.25, 0.3) is 33.2 Å². The van der Waals surface area contributed by atoms with E-state index in [4.69, 9.17) is 9.47 Å². The Morgan fingerprint density at radius 3 is 2.43 bits per heavy atom. The van der Waals surface area contributed by atoms with E-state index in [0.29, 0.717) is 34.1 Å². The van der Waals surface area contributed by atoms with Gasteiger partial charge in [-0.1, -0.05) is 30.3 Å².